The monoisotopic (exact) mass is 408 g/mol. The maximum atomic E-state index is 12.9. The summed E-state index contributed by atoms with van der Waals surface area (Å²) in [7, 11) is 0. The van der Waals surface area contributed by atoms with Gasteiger partial charge in [-0.25, -0.2) is 0 Å². The Bertz CT molecular complexity index is 1080. The van der Waals surface area contributed by atoms with Crippen LogP contribution in [0.5, 0.6) is 0 Å². The zero-order chi connectivity index (χ0) is 20.5. The molecule has 1 heterocycles. The highest BCUT2D eigenvalue weighted by Gasteiger charge is 2.31. The van der Waals surface area contributed by atoms with Gasteiger partial charge in [-0.2, -0.15) is 0 Å². The molecule has 3 aromatic rings. The van der Waals surface area contributed by atoms with Gasteiger partial charge in [0.15, 0.2) is 5.78 Å². The third-order valence-corrected chi connectivity index (χ3v) is 5.45. The number of nitrogens with one attached hydrogen (secondary N) is 1. The van der Waals surface area contributed by atoms with Gasteiger partial charge in [0.05, 0.1) is 16.9 Å². The predicted octanol–water partition coefficient (Wildman–Crippen LogP) is 5.46. The Kier molecular flexibility index (Phi) is 5.16. The number of hydrogen-bond donors (Lipinski definition) is 2. The molecule has 0 unspecified atom stereocenters. The number of ketones is 1. The van der Waals surface area contributed by atoms with Gasteiger partial charge >= 0.3 is 5.97 Å². The number of Topliss-reactive ketones (excluding diaryl/α,β-unsaturated/α-hetero) is 1. The van der Waals surface area contributed by atoms with E-state index in [0.29, 0.717) is 29.1 Å². The largest absolute Gasteiger partial charge is 0.480 e. The number of nitrogens with zero attached hydrogens (tertiary/aromatic N) is 1. The van der Waals surface area contributed by atoms with E-state index in [9.17, 15) is 14.7 Å². The molecule has 0 radical (unpaired) electrons. The fourth-order valence-corrected chi connectivity index (χ4v) is 4.02. The molecule has 1 aliphatic rings. The van der Waals surface area contributed by atoms with E-state index in [0.717, 1.165) is 34.6 Å². The smallest absolute Gasteiger partial charge is 0.323 e. The van der Waals surface area contributed by atoms with E-state index in [1.807, 2.05) is 43.3 Å². The first-order chi connectivity index (χ1) is 13.9. The molecule has 0 bridgehead atoms. The van der Waals surface area contributed by atoms with Crippen LogP contribution in [-0.4, -0.2) is 21.4 Å². The molecule has 0 spiro atoms. The molecule has 2 aromatic carbocycles. The Hall–Kier alpha value is -3.05. The number of hydrogen-bond acceptors (Lipinski definition) is 3. The van der Waals surface area contributed by atoms with Gasteiger partial charge in [0.2, 0.25) is 0 Å². The quantitative estimate of drug-likeness (QED) is 0.587. The van der Waals surface area contributed by atoms with Gasteiger partial charge in [-0.15, -0.1) is 0 Å². The first kappa shape index (κ1) is 19.3. The van der Waals surface area contributed by atoms with E-state index < -0.39 is 5.97 Å². The maximum Gasteiger partial charge on any atom is 0.323 e. The SMILES string of the molecule is Cc1ccc(-c2c(Nc3ccc(Cl)cc3)c3c(n2CC(=O)O)CCCC3=O)cc1. The number of halogens is 1. The Morgan fingerprint density at radius 2 is 1.79 bits per heavy atom. The van der Waals surface area contributed by atoms with Gasteiger partial charge < -0.3 is 15.0 Å². The van der Waals surface area contributed by atoms with E-state index in [4.69, 9.17) is 11.6 Å². The lowest BCUT2D eigenvalue weighted by molar-refractivity contribution is -0.137. The van der Waals surface area contributed by atoms with Crippen molar-refractivity contribution in [2.24, 2.45) is 0 Å². The summed E-state index contributed by atoms with van der Waals surface area (Å²) in [4.78, 5) is 24.5. The highest BCUT2D eigenvalue weighted by Crippen LogP contribution is 2.41. The molecular weight excluding hydrogens is 388 g/mol. The number of aryl methyl sites for hydroxylation is 1. The number of carboxylic acids is 1. The summed E-state index contributed by atoms with van der Waals surface area (Å²) in [6.45, 7) is 1.81. The molecule has 1 aromatic heterocycles. The van der Waals surface area contributed by atoms with Crippen molar-refractivity contribution in [2.45, 2.75) is 32.7 Å². The molecule has 0 amide bonds. The third kappa shape index (κ3) is 3.78. The first-order valence-electron chi connectivity index (χ1n) is 9.54. The highest BCUT2D eigenvalue weighted by atomic mass is 35.5. The summed E-state index contributed by atoms with van der Waals surface area (Å²) in [5, 5.41) is 13.5. The van der Waals surface area contributed by atoms with Gasteiger partial charge in [0.25, 0.3) is 0 Å². The zero-order valence-corrected chi connectivity index (χ0v) is 16.8. The second-order valence-corrected chi connectivity index (χ2v) is 7.74. The van der Waals surface area contributed by atoms with E-state index in [-0.39, 0.29) is 12.3 Å². The number of carbonyl (C=O) groups excluding carboxylic acids is 1. The van der Waals surface area contributed by atoms with Crippen LogP contribution in [-0.2, 0) is 17.8 Å². The van der Waals surface area contributed by atoms with Gasteiger partial charge in [0.1, 0.15) is 6.54 Å². The molecule has 29 heavy (non-hydrogen) atoms. The van der Waals surface area contributed by atoms with E-state index in [1.165, 1.54) is 0 Å². The molecule has 5 nitrogen and oxygen atoms in total. The molecule has 0 fully saturated rings. The Balaban J connectivity index is 1.96. The second kappa shape index (κ2) is 7.76. The van der Waals surface area contributed by atoms with Crippen LogP contribution in [0.15, 0.2) is 48.5 Å². The van der Waals surface area contributed by atoms with Crippen molar-refractivity contribution in [1.29, 1.82) is 0 Å². The number of aliphatic carboxylic acids is 1. The number of carboxylic acid groups (broad SMARTS) is 1. The highest BCUT2D eigenvalue weighted by molar-refractivity contribution is 6.30. The Morgan fingerprint density at radius 3 is 2.45 bits per heavy atom. The molecule has 1 aliphatic carbocycles. The molecule has 0 aliphatic heterocycles. The van der Waals surface area contributed by atoms with E-state index >= 15 is 0 Å². The lowest BCUT2D eigenvalue weighted by atomic mass is 9.94. The molecular formula is C23H21ClN2O3. The summed E-state index contributed by atoms with van der Waals surface area (Å²) < 4.78 is 1.78. The Morgan fingerprint density at radius 1 is 1.10 bits per heavy atom. The van der Waals surface area contributed by atoms with E-state index in [1.54, 1.807) is 16.7 Å². The molecule has 0 saturated heterocycles. The van der Waals surface area contributed by atoms with Crippen molar-refractivity contribution in [3.05, 3.63) is 70.4 Å². The normalized spacial score (nSPS) is 13.2. The van der Waals surface area contributed by atoms with Crippen molar-refractivity contribution in [2.75, 3.05) is 5.32 Å². The summed E-state index contributed by atoms with van der Waals surface area (Å²) in [5.41, 5.74) is 5.54. The summed E-state index contributed by atoms with van der Waals surface area (Å²) in [6, 6.07) is 15.1. The summed E-state index contributed by atoms with van der Waals surface area (Å²) in [5.74, 6) is -0.896. The standard InChI is InChI=1S/C23H21ClN2O3/c1-14-5-7-15(8-6-14)23-22(25-17-11-9-16(24)10-12-17)21-18(3-2-4-19(21)27)26(23)13-20(28)29/h5-12,25H,2-4,13H2,1H3,(H,28,29). The van der Waals surface area contributed by atoms with Gasteiger partial charge in [-0.05, 0) is 44.0 Å². The lowest BCUT2D eigenvalue weighted by Crippen LogP contribution is -2.17. The van der Waals surface area contributed by atoms with Gasteiger partial charge in [-0.1, -0.05) is 41.4 Å². The minimum Gasteiger partial charge on any atom is -0.480 e. The number of fused-ring (bicyclic) bond motifs is 1. The van der Waals surface area contributed by atoms with Crippen LogP contribution < -0.4 is 5.32 Å². The minimum atomic E-state index is -0.938. The molecule has 148 valence electrons. The van der Waals surface area contributed by atoms with Gasteiger partial charge in [0, 0.05) is 28.4 Å². The van der Waals surface area contributed by atoms with Crippen molar-refractivity contribution < 1.29 is 14.7 Å². The lowest BCUT2D eigenvalue weighted by Gasteiger charge is -2.15. The number of carbonyl (C=O) groups is 2. The number of rotatable bonds is 5. The minimum absolute atomic E-state index is 0.0419. The fraction of sp³-hybridized carbons (Fsp3) is 0.217. The molecule has 0 saturated carbocycles. The van der Waals surface area contributed by atoms with Crippen molar-refractivity contribution >= 4 is 34.7 Å². The number of benzene rings is 2. The van der Waals surface area contributed by atoms with Crippen LogP contribution in [0.2, 0.25) is 5.02 Å². The average Bonchev–Trinajstić information content (AvgIpc) is 2.98. The first-order valence-corrected chi connectivity index (χ1v) is 9.92. The van der Waals surface area contributed by atoms with Crippen LogP contribution in [0, 0.1) is 6.92 Å². The number of aromatic nitrogens is 1. The predicted molar refractivity (Wildman–Crippen MR) is 114 cm³/mol. The van der Waals surface area contributed by atoms with Gasteiger partial charge in [-0.3, -0.25) is 9.59 Å². The maximum absolute atomic E-state index is 12.9. The van der Waals surface area contributed by atoms with Crippen LogP contribution in [0.3, 0.4) is 0 Å². The topological polar surface area (TPSA) is 71.3 Å². The molecule has 6 heteroatoms. The third-order valence-electron chi connectivity index (χ3n) is 5.20. The molecule has 4 rings (SSSR count). The Labute approximate surface area is 173 Å². The van der Waals surface area contributed by atoms with Crippen LogP contribution in [0.4, 0.5) is 11.4 Å². The van der Waals surface area contributed by atoms with Crippen molar-refractivity contribution in [3.8, 4) is 11.3 Å². The van der Waals surface area contributed by atoms with Crippen molar-refractivity contribution in [1.82, 2.24) is 4.57 Å². The number of anilines is 2. The van der Waals surface area contributed by atoms with Crippen LogP contribution in [0.25, 0.3) is 11.3 Å². The zero-order valence-electron chi connectivity index (χ0n) is 16.0. The van der Waals surface area contributed by atoms with E-state index in [2.05, 4.69) is 5.32 Å². The van der Waals surface area contributed by atoms with Crippen LogP contribution in [0.1, 0.15) is 34.5 Å². The molecule has 0 atom stereocenters. The average molecular weight is 409 g/mol. The van der Waals surface area contributed by atoms with Crippen molar-refractivity contribution in [3.63, 3.8) is 0 Å². The van der Waals surface area contributed by atoms with Crippen LogP contribution >= 0.6 is 11.6 Å². The second-order valence-electron chi connectivity index (χ2n) is 7.30. The summed E-state index contributed by atoms with van der Waals surface area (Å²) in [6.07, 6.45) is 1.87. The molecule has 2 N–H and O–H groups in total. The fourth-order valence-electron chi connectivity index (χ4n) is 3.89. The summed E-state index contributed by atoms with van der Waals surface area (Å²) >= 11 is 6.01.